The highest BCUT2D eigenvalue weighted by molar-refractivity contribution is 6.02. The smallest absolute Gasteiger partial charge is 0.258 e. The van der Waals surface area contributed by atoms with Crippen molar-refractivity contribution in [3.8, 4) is 6.07 Å². The Kier molecular flexibility index (Phi) is 4.35. The lowest BCUT2D eigenvalue weighted by molar-refractivity contribution is 0.0596. The van der Waals surface area contributed by atoms with Gasteiger partial charge in [-0.2, -0.15) is 5.26 Å². The summed E-state index contributed by atoms with van der Waals surface area (Å²) in [7, 11) is 0. The average molecular weight is 353 g/mol. The van der Waals surface area contributed by atoms with Gasteiger partial charge in [0.25, 0.3) is 5.91 Å². The largest absolute Gasteiger partial charge is 0.361 e. The standard InChI is InChI=1S/C23H19N3O/c1-16(18-7-3-2-4-8-18)26-22(19-13-11-17(15-24)12-14-19)25-21-10-6-5-9-20(21)23(26)27/h2-14,16,22,25H,1H3. The zero-order valence-electron chi connectivity index (χ0n) is 15.0. The topological polar surface area (TPSA) is 56.1 Å². The highest BCUT2D eigenvalue weighted by Gasteiger charge is 2.36. The first kappa shape index (κ1) is 16.9. The van der Waals surface area contributed by atoms with Gasteiger partial charge in [-0.05, 0) is 42.3 Å². The van der Waals surface area contributed by atoms with Crippen molar-refractivity contribution in [3.05, 3.63) is 101 Å². The Labute approximate surface area is 158 Å². The van der Waals surface area contributed by atoms with Crippen LogP contribution < -0.4 is 5.32 Å². The number of carbonyl (C=O) groups excluding carboxylic acids is 1. The maximum Gasteiger partial charge on any atom is 0.258 e. The van der Waals surface area contributed by atoms with Gasteiger partial charge in [0.05, 0.1) is 23.2 Å². The molecule has 0 radical (unpaired) electrons. The van der Waals surface area contributed by atoms with E-state index in [1.807, 2.05) is 78.6 Å². The van der Waals surface area contributed by atoms with E-state index in [0.29, 0.717) is 11.1 Å². The minimum Gasteiger partial charge on any atom is -0.361 e. The van der Waals surface area contributed by atoms with E-state index < -0.39 is 0 Å². The van der Waals surface area contributed by atoms with Crippen LogP contribution in [0, 0.1) is 11.3 Å². The molecule has 27 heavy (non-hydrogen) atoms. The van der Waals surface area contributed by atoms with E-state index in [1.165, 1.54) is 0 Å². The van der Waals surface area contributed by atoms with Gasteiger partial charge in [0.15, 0.2) is 0 Å². The number of nitrogens with one attached hydrogen (secondary N) is 1. The van der Waals surface area contributed by atoms with Crippen molar-refractivity contribution in [2.75, 3.05) is 5.32 Å². The number of fused-ring (bicyclic) bond motifs is 1. The zero-order chi connectivity index (χ0) is 18.8. The summed E-state index contributed by atoms with van der Waals surface area (Å²) < 4.78 is 0. The molecule has 132 valence electrons. The van der Waals surface area contributed by atoms with Gasteiger partial charge in [0.2, 0.25) is 0 Å². The van der Waals surface area contributed by atoms with Gasteiger partial charge in [0, 0.05) is 5.69 Å². The van der Waals surface area contributed by atoms with Crippen LogP contribution in [0.5, 0.6) is 0 Å². The first-order chi connectivity index (χ1) is 13.2. The highest BCUT2D eigenvalue weighted by Crippen LogP contribution is 2.38. The molecule has 1 aliphatic heterocycles. The van der Waals surface area contributed by atoms with Crippen LogP contribution >= 0.6 is 0 Å². The van der Waals surface area contributed by atoms with Gasteiger partial charge in [0.1, 0.15) is 6.17 Å². The number of rotatable bonds is 3. The van der Waals surface area contributed by atoms with Crippen LogP contribution in [-0.4, -0.2) is 10.8 Å². The molecule has 0 aromatic heterocycles. The van der Waals surface area contributed by atoms with E-state index in [-0.39, 0.29) is 18.1 Å². The molecule has 0 fully saturated rings. The third-order valence-electron chi connectivity index (χ3n) is 5.02. The van der Waals surface area contributed by atoms with Gasteiger partial charge >= 0.3 is 0 Å². The number of carbonyl (C=O) groups is 1. The molecule has 3 aromatic rings. The molecule has 4 rings (SSSR count). The second-order valence-electron chi connectivity index (χ2n) is 6.63. The molecule has 0 aliphatic carbocycles. The molecule has 4 heteroatoms. The molecule has 1 aliphatic rings. The molecule has 0 saturated heterocycles. The SMILES string of the molecule is CC(c1ccccc1)N1C(=O)c2ccccc2NC1c1ccc(C#N)cc1. The number of hydrogen-bond acceptors (Lipinski definition) is 3. The fourth-order valence-corrected chi connectivity index (χ4v) is 3.54. The van der Waals surface area contributed by atoms with Crippen molar-refractivity contribution in [1.29, 1.82) is 5.26 Å². The molecular formula is C23H19N3O. The molecule has 1 heterocycles. The van der Waals surface area contributed by atoms with Crippen molar-refractivity contribution in [3.63, 3.8) is 0 Å². The van der Waals surface area contributed by atoms with Crippen LogP contribution in [0.25, 0.3) is 0 Å². The Balaban J connectivity index is 1.80. The Morgan fingerprint density at radius 3 is 2.33 bits per heavy atom. The van der Waals surface area contributed by atoms with Gasteiger partial charge in [-0.25, -0.2) is 0 Å². The van der Waals surface area contributed by atoms with Crippen LogP contribution in [0.15, 0.2) is 78.9 Å². The lowest BCUT2D eigenvalue weighted by Gasteiger charge is -2.42. The van der Waals surface area contributed by atoms with E-state index in [1.54, 1.807) is 12.1 Å². The van der Waals surface area contributed by atoms with E-state index in [2.05, 4.69) is 11.4 Å². The van der Waals surface area contributed by atoms with Gasteiger partial charge < -0.3 is 10.2 Å². The molecule has 0 saturated carbocycles. The fourth-order valence-electron chi connectivity index (χ4n) is 3.54. The number of benzene rings is 3. The first-order valence-electron chi connectivity index (χ1n) is 8.92. The normalized spacial score (nSPS) is 16.8. The quantitative estimate of drug-likeness (QED) is 0.730. The average Bonchev–Trinajstić information content (AvgIpc) is 2.74. The van der Waals surface area contributed by atoms with Crippen molar-refractivity contribution in [1.82, 2.24) is 4.90 Å². The Morgan fingerprint density at radius 1 is 0.963 bits per heavy atom. The van der Waals surface area contributed by atoms with Crippen molar-refractivity contribution in [2.45, 2.75) is 19.1 Å². The van der Waals surface area contributed by atoms with Crippen LogP contribution in [0.1, 0.15) is 46.2 Å². The summed E-state index contributed by atoms with van der Waals surface area (Å²) >= 11 is 0. The van der Waals surface area contributed by atoms with Crippen LogP contribution in [-0.2, 0) is 0 Å². The van der Waals surface area contributed by atoms with Gasteiger partial charge in [-0.1, -0.05) is 54.6 Å². The van der Waals surface area contributed by atoms with Crippen molar-refractivity contribution < 1.29 is 4.79 Å². The summed E-state index contributed by atoms with van der Waals surface area (Å²) in [6.45, 7) is 2.04. The molecule has 3 aromatic carbocycles. The minimum atomic E-state index is -0.310. The zero-order valence-corrected chi connectivity index (χ0v) is 15.0. The van der Waals surface area contributed by atoms with Crippen LogP contribution in [0.4, 0.5) is 5.69 Å². The summed E-state index contributed by atoms with van der Waals surface area (Å²) in [6.07, 6.45) is -0.310. The number of hydrogen-bond donors (Lipinski definition) is 1. The number of amides is 1. The molecule has 1 N–H and O–H groups in total. The lowest BCUT2D eigenvalue weighted by Crippen LogP contribution is -2.44. The van der Waals surface area contributed by atoms with E-state index in [0.717, 1.165) is 16.8 Å². The Bertz CT molecular complexity index is 1010. The molecular weight excluding hydrogens is 334 g/mol. The van der Waals surface area contributed by atoms with Crippen LogP contribution in [0.2, 0.25) is 0 Å². The highest BCUT2D eigenvalue weighted by atomic mass is 16.2. The van der Waals surface area contributed by atoms with E-state index in [9.17, 15) is 4.79 Å². The fraction of sp³-hybridized carbons (Fsp3) is 0.130. The predicted octanol–water partition coefficient (Wildman–Crippen LogP) is 4.89. The second kappa shape index (κ2) is 6.97. The number of nitrogens with zero attached hydrogens (tertiary/aromatic N) is 2. The second-order valence-corrected chi connectivity index (χ2v) is 6.63. The Hall–Kier alpha value is -3.58. The summed E-state index contributed by atoms with van der Waals surface area (Å²) in [5.41, 5.74) is 4.12. The lowest BCUT2D eigenvalue weighted by atomic mass is 9.98. The maximum absolute atomic E-state index is 13.4. The number of para-hydroxylation sites is 1. The number of anilines is 1. The summed E-state index contributed by atoms with van der Waals surface area (Å²) in [5, 5.41) is 12.6. The number of nitriles is 1. The molecule has 0 bridgehead atoms. The third-order valence-corrected chi connectivity index (χ3v) is 5.02. The summed E-state index contributed by atoms with van der Waals surface area (Å²) in [6, 6.07) is 27.0. The maximum atomic E-state index is 13.4. The molecule has 2 atom stereocenters. The summed E-state index contributed by atoms with van der Waals surface area (Å²) in [5.74, 6) is -0.00457. The molecule has 0 spiro atoms. The van der Waals surface area contributed by atoms with E-state index in [4.69, 9.17) is 5.26 Å². The monoisotopic (exact) mass is 353 g/mol. The molecule has 2 unspecified atom stereocenters. The molecule has 1 amide bonds. The predicted molar refractivity (Wildman–Crippen MR) is 105 cm³/mol. The third kappa shape index (κ3) is 3.04. The minimum absolute atomic E-state index is 0.00457. The van der Waals surface area contributed by atoms with Gasteiger partial charge in [-0.3, -0.25) is 4.79 Å². The van der Waals surface area contributed by atoms with Crippen LogP contribution in [0.3, 0.4) is 0 Å². The van der Waals surface area contributed by atoms with Crippen molar-refractivity contribution >= 4 is 11.6 Å². The van der Waals surface area contributed by atoms with E-state index >= 15 is 0 Å². The van der Waals surface area contributed by atoms with Crippen molar-refractivity contribution in [2.24, 2.45) is 0 Å². The first-order valence-corrected chi connectivity index (χ1v) is 8.92. The summed E-state index contributed by atoms with van der Waals surface area (Å²) in [4.78, 5) is 15.2. The molecule has 4 nitrogen and oxygen atoms in total. The van der Waals surface area contributed by atoms with Gasteiger partial charge in [-0.15, -0.1) is 0 Å². The Morgan fingerprint density at radius 2 is 1.63 bits per heavy atom.